The van der Waals surface area contributed by atoms with Crippen LogP contribution in [0.5, 0.6) is 0 Å². The Kier molecular flexibility index (Phi) is 3.37. The maximum atomic E-state index is 11.4. The van der Waals surface area contributed by atoms with Crippen molar-refractivity contribution < 1.29 is 4.79 Å². The molecule has 1 aliphatic rings. The summed E-state index contributed by atoms with van der Waals surface area (Å²) in [6.07, 6.45) is 1.75. The molecule has 0 amide bonds. The molecule has 0 heterocycles. The van der Waals surface area contributed by atoms with Crippen molar-refractivity contribution in [2.45, 2.75) is 29.9 Å². The number of Topliss-reactive ketones (excluding diaryl/α,β-unsaturated/α-hetero) is 1. The molecule has 1 aliphatic carbocycles. The van der Waals surface area contributed by atoms with Gasteiger partial charge in [0.15, 0.2) is 0 Å². The van der Waals surface area contributed by atoms with Gasteiger partial charge in [-0.05, 0) is 30.7 Å². The van der Waals surface area contributed by atoms with Crippen LogP contribution in [0.1, 0.15) is 19.8 Å². The Bertz CT molecular complexity index is 360. The summed E-state index contributed by atoms with van der Waals surface area (Å²) in [5.41, 5.74) is 0. The average Bonchev–Trinajstić information content (AvgIpc) is 2.53. The van der Waals surface area contributed by atoms with Crippen molar-refractivity contribution in [1.82, 2.24) is 0 Å². The molecule has 0 N–H and O–H groups in total. The van der Waals surface area contributed by atoms with E-state index in [1.54, 1.807) is 11.8 Å². The van der Waals surface area contributed by atoms with Crippen LogP contribution in [0.3, 0.4) is 0 Å². The SMILES string of the molecule is CC1C(=O)CCC1Sc1ccc(Cl)cc1. The number of carbonyl (C=O) groups excluding carboxylic acids is 1. The molecular formula is C12H13ClOS. The zero-order chi connectivity index (χ0) is 10.8. The first-order valence-corrected chi connectivity index (χ1v) is 6.37. The Morgan fingerprint density at radius 2 is 2.00 bits per heavy atom. The summed E-state index contributed by atoms with van der Waals surface area (Å²) < 4.78 is 0. The number of benzene rings is 1. The van der Waals surface area contributed by atoms with Crippen molar-refractivity contribution in [1.29, 1.82) is 0 Å². The van der Waals surface area contributed by atoms with E-state index >= 15 is 0 Å². The van der Waals surface area contributed by atoms with Crippen LogP contribution in [0, 0.1) is 5.92 Å². The number of ketones is 1. The van der Waals surface area contributed by atoms with Crippen molar-refractivity contribution >= 4 is 29.1 Å². The van der Waals surface area contributed by atoms with Crippen LogP contribution in [0.4, 0.5) is 0 Å². The summed E-state index contributed by atoms with van der Waals surface area (Å²) in [4.78, 5) is 12.6. The number of carbonyl (C=O) groups is 1. The summed E-state index contributed by atoms with van der Waals surface area (Å²) in [5.74, 6) is 0.604. The zero-order valence-corrected chi connectivity index (χ0v) is 10.1. The molecule has 2 rings (SSSR count). The largest absolute Gasteiger partial charge is 0.299 e. The summed E-state index contributed by atoms with van der Waals surface area (Å²) >= 11 is 7.61. The molecule has 3 heteroatoms. The Hall–Kier alpha value is -0.470. The molecule has 2 atom stereocenters. The van der Waals surface area contributed by atoms with Gasteiger partial charge in [-0.1, -0.05) is 18.5 Å². The van der Waals surface area contributed by atoms with Crippen LogP contribution in [0.25, 0.3) is 0 Å². The van der Waals surface area contributed by atoms with E-state index in [-0.39, 0.29) is 5.92 Å². The van der Waals surface area contributed by atoms with Gasteiger partial charge in [-0.3, -0.25) is 4.79 Å². The number of rotatable bonds is 2. The topological polar surface area (TPSA) is 17.1 Å². The van der Waals surface area contributed by atoms with Crippen molar-refractivity contribution in [2.24, 2.45) is 5.92 Å². The van der Waals surface area contributed by atoms with E-state index in [1.165, 1.54) is 4.90 Å². The smallest absolute Gasteiger partial charge is 0.136 e. The summed E-state index contributed by atoms with van der Waals surface area (Å²) in [7, 11) is 0. The fourth-order valence-electron chi connectivity index (χ4n) is 1.82. The molecule has 1 aromatic carbocycles. The lowest BCUT2D eigenvalue weighted by Crippen LogP contribution is -2.11. The van der Waals surface area contributed by atoms with Gasteiger partial charge < -0.3 is 0 Å². The second-order valence-electron chi connectivity index (χ2n) is 3.90. The van der Waals surface area contributed by atoms with Gasteiger partial charge in [0, 0.05) is 27.5 Å². The zero-order valence-electron chi connectivity index (χ0n) is 8.57. The van der Waals surface area contributed by atoms with Crippen molar-refractivity contribution in [3.05, 3.63) is 29.3 Å². The first-order valence-electron chi connectivity index (χ1n) is 5.12. The Morgan fingerprint density at radius 3 is 2.53 bits per heavy atom. The third kappa shape index (κ3) is 2.56. The third-order valence-corrected chi connectivity index (χ3v) is 4.58. The molecule has 0 aliphatic heterocycles. The van der Waals surface area contributed by atoms with Gasteiger partial charge in [-0.2, -0.15) is 0 Å². The minimum atomic E-state index is 0.200. The Morgan fingerprint density at radius 1 is 1.33 bits per heavy atom. The highest BCUT2D eigenvalue weighted by Gasteiger charge is 2.31. The fourth-order valence-corrected chi connectivity index (χ4v) is 3.18. The molecule has 0 bridgehead atoms. The molecule has 1 aromatic rings. The van der Waals surface area contributed by atoms with E-state index in [2.05, 4.69) is 0 Å². The van der Waals surface area contributed by atoms with Gasteiger partial charge >= 0.3 is 0 Å². The minimum Gasteiger partial charge on any atom is -0.299 e. The molecule has 15 heavy (non-hydrogen) atoms. The second kappa shape index (κ2) is 4.58. The number of hydrogen-bond acceptors (Lipinski definition) is 2. The van der Waals surface area contributed by atoms with E-state index in [0.717, 1.165) is 17.9 Å². The van der Waals surface area contributed by atoms with E-state index in [4.69, 9.17) is 11.6 Å². The lowest BCUT2D eigenvalue weighted by atomic mass is 10.1. The molecule has 80 valence electrons. The maximum absolute atomic E-state index is 11.4. The monoisotopic (exact) mass is 240 g/mol. The normalized spacial score (nSPS) is 25.9. The first kappa shape index (κ1) is 11.0. The highest BCUT2D eigenvalue weighted by atomic mass is 35.5. The van der Waals surface area contributed by atoms with Gasteiger partial charge in [-0.25, -0.2) is 0 Å². The fraction of sp³-hybridized carbons (Fsp3) is 0.417. The van der Waals surface area contributed by atoms with Gasteiger partial charge in [0.1, 0.15) is 5.78 Å². The quantitative estimate of drug-likeness (QED) is 0.782. The predicted octanol–water partition coefficient (Wildman–Crippen LogP) is 3.80. The number of thioether (sulfide) groups is 1. The molecule has 0 saturated heterocycles. The van der Waals surface area contributed by atoms with Crippen LogP contribution in [0.2, 0.25) is 5.02 Å². The standard InChI is InChI=1S/C12H13ClOS/c1-8-11(14)6-7-12(8)15-10-4-2-9(13)3-5-10/h2-5,8,12H,6-7H2,1H3. The van der Waals surface area contributed by atoms with Gasteiger partial charge in [0.2, 0.25) is 0 Å². The highest BCUT2D eigenvalue weighted by Crippen LogP contribution is 2.37. The predicted molar refractivity (Wildman–Crippen MR) is 64.5 cm³/mol. The van der Waals surface area contributed by atoms with E-state index in [9.17, 15) is 4.79 Å². The van der Waals surface area contributed by atoms with Crippen LogP contribution in [-0.4, -0.2) is 11.0 Å². The maximum Gasteiger partial charge on any atom is 0.136 e. The van der Waals surface area contributed by atoms with Crippen molar-refractivity contribution in [3.8, 4) is 0 Å². The van der Waals surface area contributed by atoms with Gasteiger partial charge in [-0.15, -0.1) is 11.8 Å². The van der Waals surface area contributed by atoms with Crippen LogP contribution in [-0.2, 0) is 4.79 Å². The van der Waals surface area contributed by atoms with E-state index in [1.807, 2.05) is 31.2 Å². The molecule has 0 radical (unpaired) electrons. The van der Waals surface area contributed by atoms with Crippen LogP contribution >= 0.6 is 23.4 Å². The summed E-state index contributed by atoms with van der Waals surface area (Å²) in [6, 6.07) is 7.82. The lowest BCUT2D eigenvalue weighted by Gasteiger charge is -2.13. The molecule has 0 aromatic heterocycles. The van der Waals surface area contributed by atoms with Crippen LogP contribution in [0.15, 0.2) is 29.2 Å². The molecular weight excluding hydrogens is 228 g/mol. The Balaban J connectivity index is 2.03. The number of halogens is 1. The van der Waals surface area contributed by atoms with Crippen LogP contribution < -0.4 is 0 Å². The average molecular weight is 241 g/mol. The second-order valence-corrected chi connectivity index (χ2v) is 5.65. The highest BCUT2D eigenvalue weighted by molar-refractivity contribution is 8.00. The minimum absolute atomic E-state index is 0.200. The van der Waals surface area contributed by atoms with Gasteiger partial charge in [0.25, 0.3) is 0 Å². The number of hydrogen-bond donors (Lipinski definition) is 0. The lowest BCUT2D eigenvalue weighted by molar-refractivity contribution is -0.120. The molecule has 1 saturated carbocycles. The molecule has 1 nitrogen and oxygen atoms in total. The molecule has 2 unspecified atom stereocenters. The van der Waals surface area contributed by atoms with E-state index in [0.29, 0.717) is 11.0 Å². The van der Waals surface area contributed by atoms with E-state index < -0.39 is 0 Å². The third-order valence-electron chi connectivity index (χ3n) is 2.84. The Labute approximate surface area is 99.2 Å². The molecule has 0 spiro atoms. The summed E-state index contributed by atoms with van der Waals surface area (Å²) in [6.45, 7) is 2.03. The first-order chi connectivity index (χ1) is 7.16. The van der Waals surface area contributed by atoms with Crippen molar-refractivity contribution in [2.75, 3.05) is 0 Å². The van der Waals surface area contributed by atoms with Gasteiger partial charge in [0.05, 0.1) is 0 Å². The molecule has 1 fully saturated rings. The summed E-state index contributed by atoms with van der Waals surface area (Å²) in [5, 5.41) is 1.20. The van der Waals surface area contributed by atoms with Crippen molar-refractivity contribution in [3.63, 3.8) is 0 Å².